The van der Waals surface area contributed by atoms with Crippen LogP contribution >= 0.6 is 0 Å². The maximum Gasteiger partial charge on any atom is 0.256 e. The Morgan fingerprint density at radius 1 is 0.838 bits per heavy atom. The zero-order valence-corrected chi connectivity index (χ0v) is 19.6. The van der Waals surface area contributed by atoms with Gasteiger partial charge in [0.05, 0.1) is 23.1 Å². The molecule has 1 N–H and O–H groups in total. The molecule has 0 aliphatic carbocycles. The average Bonchev–Trinajstić information content (AvgIpc) is 3.49. The second-order valence-corrected chi connectivity index (χ2v) is 8.28. The number of halogens is 1. The molecule has 0 bridgehead atoms. The third-order valence-electron chi connectivity index (χ3n) is 5.88. The lowest BCUT2D eigenvalue weighted by Crippen LogP contribution is -2.11. The lowest BCUT2D eigenvalue weighted by Gasteiger charge is -2.08. The van der Waals surface area contributed by atoms with E-state index in [2.05, 4.69) is 20.3 Å². The number of imidazole rings is 1. The highest BCUT2D eigenvalue weighted by Gasteiger charge is 2.22. The van der Waals surface area contributed by atoms with Crippen molar-refractivity contribution in [3.8, 4) is 33.8 Å². The molecule has 0 saturated carbocycles. The van der Waals surface area contributed by atoms with Gasteiger partial charge in [0.2, 0.25) is 0 Å². The minimum atomic E-state index is -0.324. The topological polar surface area (TPSA) is 103 Å². The molecule has 10 heteroatoms. The molecule has 0 aliphatic rings. The van der Waals surface area contributed by atoms with Gasteiger partial charge in [-0.2, -0.15) is 10.2 Å². The minimum absolute atomic E-state index is 0.295. The largest absolute Gasteiger partial charge is 0.305 e. The van der Waals surface area contributed by atoms with Crippen LogP contribution in [0.3, 0.4) is 0 Å². The molecule has 6 aromatic rings. The first-order valence-corrected chi connectivity index (χ1v) is 11.4. The molecule has 0 fully saturated rings. The van der Waals surface area contributed by atoms with E-state index in [1.54, 1.807) is 64.4 Å². The second-order valence-electron chi connectivity index (χ2n) is 8.28. The van der Waals surface area contributed by atoms with E-state index in [-0.39, 0.29) is 11.7 Å². The van der Waals surface area contributed by atoms with Crippen molar-refractivity contribution >= 4 is 17.4 Å². The fourth-order valence-electron chi connectivity index (χ4n) is 4.18. The SMILES string of the molecule is Cn1nc(-c2ccc(F)cc2)c(-c2ccc3nc(NC(=O)c4ccncc4)cn3n2)c1-c1ccncc1. The van der Waals surface area contributed by atoms with E-state index >= 15 is 0 Å². The smallest absolute Gasteiger partial charge is 0.256 e. The van der Waals surface area contributed by atoms with Crippen LogP contribution in [0.5, 0.6) is 0 Å². The molecular formula is C27H19FN8O. The summed E-state index contributed by atoms with van der Waals surface area (Å²) in [7, 11) is 1.86. The van der Waals surface area contributed by atoms with Crippen molar-refractivity contribution in [2.75, 3.05) is 5.32 Å². The molecule has 0 spiro atoms. The Kier molecular flexibility index (Phi) is 5.45. The quantitative estimate of drug-likeness (QED) is 0.378. The zero-order valence-electron chi connectivity index (χ0n) is 19.6. The van der Waals surface area contributed by atoms with Crippen LogP contribution in [-0.2, 0) is 7.05 Å². The monoisotopic (exact) mass is 490 g/mol. The summed E-state index contributed by atoms with van der Waals surface area (Å²) in [6.45, 7) is 0. The highest BCUT2D eigenvalue weighted by molar-refractivity contribution is 6.03. The number of nitrogens with zero attached hydrogens (tertiary/aromatic N) is 7. The van der Waals surface area contributed by atoms with Gasteiger partial charge in [-0.1, -0.05) is 0 Å². The van der Waals surface area contributed by atoms with E-state index in [0.29, 0.717) is 28.4 Å². The average molecular weight is 491 g/mol. The predicted octanol–water partition coefficient (Wildman–Crippen LogP) is 4.65. The third kappa shape index (κ3) is 4.20. The van der Waals surface area contributed by atoms with Gasteiger partial charge in [0.25, 0.3) is 5.91 Å². The Labute approximate surface area is 210 Å². The summed E-state index contributed by atoms with van der Waals surface area (Å²) in [5.74, 6) is -0.252. The van der Waals surface area contributed by atoms with Crippen LogP contribution in [0.15, 0.2) is 91.6 Å². The fraction of sp³-hybridized carbons (Fsp3) is 0.0370. The molecule has 6 rings (SSSR count). The number of aryl methyl sites for hydroxylation is 1. The van der Waals surface area contributed by atoms with Gasteiger partial charge in [0.1, 0.15) is 11.5 Å². The number of anilines is 1. The number of benzene rings is 1. The molecule has 5 heterocycles. The van der Waals surface area contributed by atoms with E-state index in [1.165, 1.54) is 12.1 Å². The van der Waals surface area contributed by atoms with Gasteiger partial charge < -0.3 is 5.32 Å². The highest BCUT2D eigenvalue weighted by Crippen LogP contribution is 2.38. The molecule has 0 radical (unpaired) electrons. The summed E-state index contributed by atoms with van der Waals surface area (Å²) in [5.41, 5.74) is 5.60. The van der Waals surface area contributed by atoms with Gasteiger partial charge in [-0.15, -0.1) is 0 Å². The van der Waals surface area contributed by atoms with Gasteiger partial charge in [-0.25, -0.2) is 13.9 Å². The summed E-state index contributed by atoms with van der Waals surface area (Å²) in [5, 5.41) is 12.4. The molecule has 180 valence electrons. The first kappa shape index (κ1) is 22.2. The van der Waals surface area contributed by atoms with Crippen LogP contribution in [0.2, 0.25) is 0 Å². The third-order valence-corrected chi connectivity index (χ3v) is 5.88. The van der Waals surface area contributed by atoms with Gasteiger partial charge in [0.15, 0.2) is 11.5 Å². The Bertz CT molecular complexity index is 1730. The van der Waals surface area contributed by atoms with Gasteiger partial charge >= 0.3 is 0 Å². The van der Waals surface area contributed by atoms with Crippen LogP contribution < -0.4 is 5.32 Å². The number of amides is 1. The Hall–Kier alpha value is -5.25. The highest BCUT2D eigenvalue weighted by atomic mass is 19.1. The number of hydrogen-bond acceptors (Lipinski definition) is 6. The molecule has 9 nitrogen and oxygen atoms in total. The van der Waals surface area contributed by atoms with E-state index in [1.807, 2.05) is 31.3 Å². The van der Waals surface area contributed by atoms with E-state index in [0.717, 1.165) is 22.4 Å². The zero-order chi connectivity index (χ0) is 25.4. The van der Waals surface area contributed by atoms with Gasteiger partial charge in [0, 0.05) is 48.5 Å². The summed E-state index contributed by atoms with van der Waals surface area (Å²) in [6.07, 6.45) is 8.19. The maximum atomic E-state index is 13.7. The number of pyridine rings is 2. The number of carbonyl (C=O) groups is 1. The minimum Gasteiger partial charge on any atom is -0.305 e. The molecular weight excluding hydrogens is 471 g/mol. The summed E-state index contributed by atoms with van der Waals surface area (Å²) in [6, 6.07) is 16.9. The first-order valence-electron chi connectivity index (χ1n) is 11.4. The number of rotatable bonds is 5. The maximum absolute atomic E-state index is 13.7. The summed E-state index contributed by atoms with van der Waals surface area (Å²) >= 11 is 0. The van der Waals surface area contributed by atoms with E-state index in [4.69, 9.17) is 10.2 Å². The van der Waals surface area contributed by atoms with Gasteiger partial charge in [-0.05, 0) is 60.7 Å². The first-order chi connectivity index (χ1) is 18.1. The summed E-state index contributed by atoms with van der Waals surface area (Å²) < 4.78 is 17.1. The van der Waals surface area contributed by atoms with Crippen molar-refractivity contribution in [3.05, 3.63) is 103 Å². The fourth-order valence-corrected chi connectivity index (χ4v) is 4.18. The number of carbonyl (C=O) groups excluding carboxylic acids is 1. The van der Waals surface area contributed by atoms with Crippen molar-refractivity contribution < 1.29 is 9.18 Å². The molecule has 0 aliphatic heterocycles. The van der Waals surface area contributed by atoms with Crippen LogP contribution in [-0.4, -0.2) is 40.3 Å². The predicted molar refractivity (Wildman–Crippen MR) is 136 cm³/mol. The molecule has 0 atom stereocenters. The van der Waals surface area contributed by atoms with Crippen molar-refractivity contribution in [1.82, 2.24) is 34.3 Å². The van der Waals surface area contributed by atoms with E-state index < -0.39 is 0 Å². The Morgan fingerprint density at radius 2 is 1.54 bits per heavy atom. The molecule has 0 unspecified atom stereocenters. The van der Waals surface area contributed by atoms with Crippen molar-refractivity contribution in [1.29, 1.82) is 0 Å². The second kappa shape index (κ2) is 9.08. The Balaban J connectivity index is 1.46. The van der Waals surface area contributed by atoms with Crippen molar-refractivity contribution in [2.24, 2.45) is 7.05 Å². The number of hydrogen-bond donors (Lipinski definition) is 1. The Morgan fingerprint density at radius 3 is 2.27 bits per heavy atom. The van der Waals surface area contributed by atoms with Crippen LogP contribution in [0.4, 0.5) is 10.2 Å². The summed E-state index contributed by atoms with van der Waals surface area (Å²) in [4.78, 5) is 25.1. The normalized spacial score (nSPS) is 11.1. The molecule has 5 aromatic heterocycles. The van der Waals surface area contributed by atoms with Crippen molar-refractivity contribution in [2.45, 2.75) is 0 Å². The molecule has 0 saturated heterocycles. The molecule has 1 amide bonds. The number of fused-ring (bicyclic) bond motifs is 1. The van der Waals surface area contributed by atoms with Crippen LogP contribution in [0, 0.1) is 5.82 Å². The molecule has 1 aromatic carbocycles. The number of nitrogens with one attached hydrogen (secondary N) is 1. The number of aromatic nitrogens is 7. The van der Waals surface area contributed by atoms with E-state index in [9.17, 15) is 9.18 Å². The molecule has 37 heavy (non-hydrogen) atoms. The lowest BCUT2D eigenvalue weighted by atomic mass is 9.99. The van der Waals surface area contributed by atoms with Crippen LogP contribution in [0.25, 0.3) is 39.4 Å². The standard InChI is InChI=1S/C27H19FN8O/c1-35-26(18-8-12-29-13-9-18)24(25(34-35)17-2-4-20(28)5-3-17)21-6-7-23-31-22(16-36(23)33-21)32-27(37)19-10-14-30-15-11-19/h2-16H,1H3,(H,32,37). The van der Waals surface area contributed by atoms with Crippen molar-refractivity contribution in [3.63, 3.8) is 0 Å². The lowest BCUT2D eigenvalue weighted by molar-refractivity contribution is 0.102. The van der Waals surface area contributed by atoms with Crippen LogP contribution in [0.1, 0.15) is 10.4 Å². The van der Waals surface area contributed by atoms with Gasteiger partial charge in [-0.3, -0.25) is 19.4 Å².